The molecule has 0 radical (unpaired) electrons. The van der Waals surface area contributed by atoms with Crippen LogP contribution in [0.3, 0.4) is 0 Å². The first-order chi connectivity index (χ1) is 11.1. The fraction of sp³-hybridized carbons (Fsp3) is 0.176. The number of carbonyl (C=O) groups excluding carboxylic acids is 1. The molecule has 6 heteroatoms. The molecule has 0 aliphatic carbocycles. The van der Waals surface area contributed by atoms with Gasteiger partial charge in [0.15, 0.2) is 5.58 Å². The van der Waals surface area contributed by atoms with E-state index in [-0.39, 0.29) is 12.5 Å². The Bertz CT molecular complexity index is 927. The van der Waals surface area contributed by atoms with E-state index in [2.05, 4.69) is 5.32 Å². The molecule has 0 fully saturated rings. The standard InChI is InChI=1S/C17H15ClN2O3/c1-2-11-5-3-4-6-13(11)19-16(21)10-20-14-8-7-12(18)9-15(14)23-17(20)22/h3-9H,2,10H2,1H3,(H,19,21). The highest BCUT2D eigenvalue weighted by Gasteiger charge is 2.13. The maximum absolute atomic E-state index is 12.3. The zero-order chi connectivity index (χ0) is 16.4. The minimum atomic E-state index is -0.582. The molecule has 3 aromatic rings. The SMILES string of the molecule is CCc1ccccc1NC(=O)Cn1c(=O)oc2cc(Cl)ccc21. The van der Waals surface area contributed by atoms with Crippen LogP contribution in [0.2, 0.25) is 5.02 Å². The third kappa shape index (κ3) is 3.14. The number of oxazole rings is 1. The lowest BCUT2D eigenvalue weighted by Gasteiger charge is -2.09. The molecule has 1 N–H and O–H groups in total. The van der Waals surface area contributed by atoms with Gasteiger partial charge < -0.3 is 9.73 Å². The smallest absolute Gasteiger partial charge is 0.408 e. The molecule has 0 aliphatic heterocycles. The van der Waals surface area contributed by atoms with Crippen molar-refractivity contribution in [3.8, 4) is 0 Å². The Kier molecular flexibility index (Phi) is 4.21. The number of aryl methyl sites for hydroxylation is 1. The minimum Gasteiger partial charge on any atom is -0.408 e. The molecule has 0 bridgehead atoms. The predicted molar refractivity (Wildman–Crippen MR) is 89.9 cm³/mol. The number of benzene rings is 2. The highest BCUT2D eigenvalue weighted by atomic mass is 35.5. The van der Waals surface area contributed by atoms with Crippen LogP contribution in [0.25, 0.3) is 11.1 Å². The highest BCUT2D eigenvalue weighted by molar-refractivity contribution is 6.31. The number of hydrogen-bond acceptors (Lipinski definition) is 3. The van der Waals surface area contributed by atoms with E-state index in [1.807, 2.05) is 31.2 Å². The molecular formula is C17H15ClN2O3. The molecule has 0 aliphatic rings. The summed E-state index contributed by atoms with van der Waals surface area (Å²) in [4.78, 5) is 24.2. The van der Waals surface area contributed by atoms with Gasteiger partial charge in [0, 0.05) is 16.8 Å². The van der Waals surface area contributed by atoms with Gasteiger partial charge in [-0.3, -0.25) is 9.36 Å². The molecule has 1 amide bonds. The Morgan fingerprint density at radius 3 is 2.83 bits per heavy atom. The van der Waals surface area contributed by atoms with Crippen LogP contribution in [-0.4, -0.2) is 10.5 Å². The zero-order valence-electron chi connectivity index (χ0n) is 12.5. The van der Waals surface area contributed by atoms with Gasteiger partial charge >= 0.3 is 5.76 Å². The summed E-state index contributed by atoms with van der Waals surface area (Å²) in [5.41, 5.74) is 2.70. The van der Waals surface area contributed by atoms with Crippen LogP contribution >= 0.6 is 11.6 Å². The van der Waals surface area contributed by atoms with E-state index < -0.39 is 5.76 Å². The fourth-order valence-electron chi connectivity index (χ4n) is 2.47. The predicted octanol–water partition coefficient (Wildman–Crippen LogP) is 3.45. The summed E-state index contributed by atoms with van der Waals surface area (Å²) in [6.45, 7) is 1.90. The average molecular weight is 331 g/mol. The number of amides is 1. The van der Waals surface area contributed by atoms with Crippen molar-refractivity contribution in [1.29, 1.82) is 0 Å². The van der Waals surface area contributed by atoms with Crippen molar-refractivity contribution in [2.45, 2.75) is 19.9 Å². The summed E-state index contributed by atoms with van der Waals surface area (Å²) >= 11 is 5.88. The molecule has 1 aromatic heterocycles. The molecule has 23 heavy (non-hydrogen) atoms. The largest absolute Gasteiger partial charge is 0.420 e. The van der Waals surface area contributed by atoms with Crippen LogP contribution in [0, 0.1) is 0 Å². The van der Waals surface area contributed by atoms with Crippen LogP contribution in [-0.2, 0) is 17.8 Å². The van der Waals surface area contributed by atoms with Crippen molar-refractivity contribution < 1.29 is 9.21 Å². The molecule has 3 rings (SSSR count). The number of aromatic nitrogens is 1. The molecule has 0 unspecified atom stereocenters. The molecule has 118 valence electrons. The lowest BCUT2D eigenvalue weighted by molar-refractivity contribution is -0.116. The number of nitrogens with zero attached hydrogens (tertiary/aromatic N) is 1. The van der Waals surface area contributed by atoms with Gasteiger partial charge in [-0.05, 0) is 30.2 Å². The second kappa shape index (κ2) is 6.30. The molecule has 0 saturated heterocycles. The lowest BCUT2D eigenvalue weighted by atomic mass is 10.1. The Morgan fingerprint density at radius 2 is 2.04 bits per heavy atom. The number of para-hydroxylation sites is 1. The van der Waals surface area contributed by atoms with Gasteiger partial charge in [-0.1, -0.05) is 36.7 Å². The van der Waals surface area contributed by atoms with Gasteiger partial charge in [0.2, 0.25) is 5.91 Å². The zero-order valence-corrected chi connectivity index (χ0v) is 13.3. The van der Waals surface area contributed by atoms with E-state index in [4.69, 9.17) is 16.0 Å². The van der Waals surface area contributed by atoms with Crippen molar-refractivity contribution in [1.82, 2.24) is 4.57 Å². The molecule has 2 aromatic carbocycles. The number of hydrogen-bond donors (Lipinski definition) is 1. The van der Waals surface area contributed by atoms with Crippen LogP contribution < -0.4 is 11.1 Å². The van der Waals surface area contributed by atoms with Crippen LogP contribution in [0.5, 0.6) is 0 Å². The first kappa shape index (κ1) is 15.4. The van der Waals surface area contributed by atoms with Crippen LogP contribution in [0.4, 0.5) is 5.69 Å². The average Bonchev–Trinajstić information content (AvgIpc) is 2.82. The molecule has 0 saturated carbocycles. The summed E-state index contributed by atoms with van der Waals surface area (Å²) in [5.74, 6) is -0.869. The van der Waals surface area contributed by atoms with Crippen molar-refractivity contribution in [2.75, 3.05) is 5.32 Å². The second-order valence-electron chi connectivity index (χ2n) is 5.13. The van der Waals surface area contributed by atoms with E-state index >= 15 is 0 Å². The van der Waals surface area contributed by atoms with Crippen molar-refractivity contribution >= 4 is 34.3 Å². The topological polar surface area (TPSA) is 64.2 Å². The summed E-state index contributed by atoms with van der Waals surface area (Å²) in [6, 6.07) is 12.4. The summed E-state index contributed by atoms with van der Waals surface area (Å²) in [6.07, 6.45) is 0.809. The van der Waals surface area contributed by atoms with E-state index in [9.17, 15) is 9.59 Å². The number of rotatable bonds is 4. The normalized spacial score (nSPS) is 10.9. The number of halogens is 1. The number of nitrogens with one attached hydrogen (secondary N) is 1. The number of carbonyl (C=O) groups is 1. The quantitative estimate of drug-likeness (QED) is 0.797. The van der Waals surface area contributed by atoms with Crippen molar-refractivity contribution in [3.05, 3.63) is 63.6 Å². The van der Waals surface area contributed by atoms with Gasteiger partial charge in [-0.2, -0.15) is 0 Å². The van der Waals surface area contributed by atoms with E-state index in [0.717, 1.165) is 17.7 Å². The van der Waals surface area contributed by atoms with Crippen LogP contribution in [0.1, 0.15) is 12.5 Å². The van der Waals surface area contributed by atoms with Crippen molar-refractivity contribution in [2.24, 2.45) is 0 Å². The van der Waals surface area contributed by atoms with Gasteiger partial charge in [0.25, 0.3) is 0 Å². The first-order valence-electron chi connectivity index (χ1n) is 7.25. The summed E-state index contributed by atoms with van der Waals surface area (Å²) < 4.78 is 6.41. The van der Waals surface area contributed by atoms with Gasteiger partial charge in [0.1, 0.15) is 6.54 Å². The lowest BCUT2D eigenvalue weighted by Crippen LogP contribution is -2.25. The van der Waals surface area contributed by atoms with Crippen molar-refractivity contribution in [3.63, 3.8) is 0 Å². The molecule has 0 atom stereocenters. The summed E-state index contributed by atoms with van der Waals surface area (Å²) in [5, 5.41) is 3.31. The van der Waals surface area contributed by atoms with Gasteiger partial charge in [0.05, 0.1) is 5.52 Å². The van der Waals surface area contributed by atoms with E-state index in [1.54, 1.807) is 18.2 Å². The van der Waals surface area contributed by atoms with E-state index in [1.165, 1.54) is 4.57 Å². The maximum atomic E-state index is 12.3. The van der Waals surface area contributed by atoms with Crippen LogP contribution in [0.15, 0.2) is 51.7 Å². The highest BCUT2D eigenvalue weighted by Crippen LogP contribution is 2.19. The third-order valence-corrected chi connectivity index (χ3v) is 3.84. The Morgan fingerprint density at radius 1 is 1.26 bits per heavy atom. The molecular weight excluding hydrogens is 316 g/mol. The van der Waals surface area contributed by atoms with Gasteiger partial charge in [-0.25, -0.2) is 4.79 Å². The number of fused-ring (bicyclic) bond motifs is 1. The second-order valence-corrected chi connectivity index (χ2v) is 5.56. The first-order valence-corrected chi connectivity index (χ1v) is 7.63. The molecule has 5 nitrogen and oxygen atoms in total. The fourth-order valence-corrected chi connectivity index (χ4v) is 2.64. The Labute approximate surface area is 137 Å². The Hall–Kier alpha value is -2.53. The Balaban J connectivity index is 1.86. The van der Waals surface area contributed by atoms with Gasteiger partial charge in [-0.15, -0.1) is 0 Å². The monoisotopic (exact) mass is 330 g/mol. The molecule has 1 heterocycles. The van der Waals surface area contributed by atoms with E-state index in [0.29, 0.717) is 16.1 Å². The minimum absolute atomic E-state index is 0.120. The third-order valence-electron chi connectivity index (χ3n) is 3.60. The summed E-state index contributed by atoms with van der Waals surface area (Å²) in [7, 11) is 0. The maximum Gasteiger partial charge on any atom is 0.420 e. The number of anilines is 1. The molecule has 0 spiro atoms.